The van der Waals surface area contributed by atoms with E-state index in [2.05, 4.69) is 11.8 Å². The summed E-state index contributed by atoms with van der Waals surface area (Å²) >= 11 is 5.74. The molecule has 3 rings (SSSR count). The van der Waals surface area contributed by atoms with Crippen LogP contribution < -0.4 is 14.4 Å². The summed E-state index contributed by atoms with van der Waals surface area (Å²) in [5.41, 5.74) is 0.838. The van der Waals surface area contributed by atoms with Crippen molar-refractivity contribution in [2.75, 3.05) is 38.8 Å². The Kier molecular flexibility index (Phi) is 6.49. The molecule has 1 aliphatic heterocycles. The van der Waals surface area contributed by atoms with Crippen molar-refractivity contribution in [1.82, 2.24) is 4.90 Å². The summed E-state index contributed by atoms with van der Waals surface area (Å²) in [5, 5.41) is -0.276. The third kappa shape index (κ3) is 4.90. The second-order valence-electron chi connectivity index (χ2n) is 7.12. The van der Waals surface area contributed by atoms with E-state index in [1.54, 1.807) is 20.3 Å². The summed E-state index contributed by atoms with van der Waals surface area (Å²) in [7, 11) is 3.20. The van der Waals surface area contributed by atoms with Crippen LogP contribution in [0.15, 0.2) is 36.4 Å². The quantitative estimate of drug-likeness (QED) is 0.662. The lowest BCUT2D eigenvalue weighted by molar-refractivity contribution is -0.137. The van der Waals surface area contributed by atoms with Gasteiger partial charge in [-0.25, -0.2) is 0 Å². The fourth-order valence-corrected chi connectivity index (χ4v) is 3.83. The van der Waals surface area contributed by atoms with Crippen LogP contribution in [-0.4, -0.2) is 44.8 Å². The van der Waals surface area contributed by atoms with Crippen molar-refractivity contribution in [3.63, 3.8) is 0 Å². The Balaban J connectivity index is 1.70. The van der Waals surface area contributed by atoms with Gasteiger partial charge < -0.3 is 14.4 Å². The Bertz CT molecular complexity index is 860. The van der Waals surface area contributed by atoms with Gasteiger partial charge in [0.2, 0.25) is 0 Å². The van der Waals surface area contributed by atoms with Gasteiger partial charge in [-0.1, -0.05) is 17.7 Å². The fraction of sp³-hybridized carbons (Fsp3) is 0.429. The van der Waals surface area contributed by atoms with Crippen molar-refractivity contribution in [1.29, 1.82) is 0 Å². The Morgan fingerprint density at radius 3 is 2.38 bits per heavy atom. The zero-order chi connectivity index (χ0) is 21.2. The van der Waals surface area contributed by atoms with Gasteiger partial charge in [0.05, 0.1) is 24.8 Å². The van der Waals surface area contributed by atoms with Gasteiger partial charge >= 0.3 is 6.18 Å². The van der Waals surface area contributed by atoms with Gasteiger partial charge in [0, 0.05) is 37.9 Å². The van der Waals surface area contributed by atoms with Crippen LogP contribution in [0.1, 0.15) is 18.1 Å². The molecule has 2 aromatic rings. The molecule has 2 aromatic carbocycles. The number of rotatable bonds is 5. The normalized spacial score (nSPS) is 18.0. The molecule has 1 aliphatic rings. The van der Waals surface area contributed by atoms with E-state index in [0.29, 0.717) is 30.3 Å². The van der Waals surface area contributed by atoms with E-state index in [1.807, 2.05) is 23.1 Å². The summed E-state index contributed by atoms with van der Waals surface area (Å²) < 4.78 is 50.1. The zero-order valence-corrected chi connectivity index (χ0v) is 17.3. The Hall–Kier alpha value is -2.12. The SMILES string of the molecule is COc1ccc(CN2CCN(c3ccc(Cl)c(C(F)(F)F)c3)C[C@@H]2C)cc1OC. The molecule has 0 aromatic heterocycles. The van der Waals surface area contributed by atoms with Gasteiger partial charge in [0.1, 0.15) is 0 Å². The predicted molar refractivity (Wildman–Crippen MR) is 108 cm³/mol. The van der Waals surface area contributed by atoms with E-state index in [-0.39, 0.29) is 11.1 Å². The highest BCUT2D eigenvalue weighted by molar-refractivity contribution is 6.31. The molecule has 0 aliphatic carbocycles. The van der Waals surface area contributed by atoms with Gasteiger partial charge in [-0.05, 0) is 42.8 Å². The van der Waals surface area contributed by atoms with Gasteiger partial charge in [0.25, 0.3) is 0 Å². The summed E-state index contributed by atoms with van der Waals surface area (Å²) in [6.45, 7) is 4.81. The van der Waals surface area contributed by atoms with Crippen molar-refractivity contribution in [3.8, 4) is 11.5 Å². The Labute approximate surface area is 173 Å². The molecule has 1 atom stereocenters. The maximum absolute atomic E-state index is 13.2. The topological polar surface area (TPSA) is 24.9 Å². The number of hydrogen-bond acceptors (Lipinski definition) is 4. The van der Waals surface area contributed by atoms with Crippen LogP contribution in [-0.2, 0) is 12.7 Å². The fourth-order valence-electron chi connectivity index (χ4n) is 3.61. The molecular formula is C21H24ClF3N2O2. The smallest absolute Gasteiger partial charge is 0.417 e. The van der Waals surface area contributed by atoms with Crippen LogP contribution >= 0.6 is 11.6 Å². The number of halogens is 4. The molecule has 29 heavy (non-hydrogen) atoms. The van der Waals surface area contributed by atoms with Crippen molar-refractivity contribution in [3.05, 3.63) is 52.5 Å². The molecule has 1 fully saturated rings. The maximum atomic E-state index is 13.2. The van der Waals surface area contributed by atoms with Gasteiger partial charge in [-0.3, -0.25) is 4.90 Å². The molecular weight excluding hydrogens is 405 g/mol. The first-order valence-corrected chi connectivity index (χ1v) is 9.67. The van der Waals surface area contributed by atoms with Crippen molar-refractivity contribution >= 4 is 17.3 Å². The molecule has 0 amide bonds. The molecule has 0 N–H and O–H groups in total. The van der Waals surface area contributed by atoms with E-state index >= 15 is 0 Å². The number of hydrogen-bond donors (Lipinski definition) is 0. The summed E-state index contributed by atoms with van der Waals surface area (Å²) in [6.07, 6.45) is -4.46. The minimum Gasteiger partial charge on any atom is -0.493 e. The highest BCUT2D eigenvalue weighted by Gasteiger charge is 2.34. The van der Waals surface area contributed by atoms with Crippen LogP contribution in [0.3, 0.4) is 0 Å². The van der Waals surface area contributed by atoms with E-state index in [4.69, 9.17) is 21.1 Å². The summed E-state index contributed by atoms with van der Waals surface area (Å²) in [4.78, 5) is 4.28. The van der Waals surface area contributed by atoms with Crippen molar-refractivity contribution in [2.24, 2.45) is 0 Å². The number of anilines is 1. The van der Waals surface area contributed by atoms with Crippen LogP contribution in [0, 0.1) is 0 Å². The standard InChI is InChI=1S/C21H24ClF3N2O2/c1-14-12-27(16-5-6-18(22)17(11-16)21(23,24)25)9-8-26(14)13-15-4-7-19(28-2)20(10-15)29-3/h4-7,10-11,14H,8-9,12-13H2,1-3H3/t14-/m0/s1. The average Bonchev–Trinajstić information content (AvgIpc) is 2.69. The third-order valence-corrected chi connectivity index (χ3v) is 5.55. The van der Waals surface area contributed by atoms with Crippen molar-refractivity contribution < 1.29 is 22.6 Å². The molecule has 0 saturated carbocycles. The Morgan fingerprint density at radius 1 is 1.03 bits per heavy atom. The minimum atomic E-state index is -4.46. The number of alkyl halides is 3. The molecule has 158 valence electrons. The summed E-state index contributed by atoms with van der Waals surface area (Å²) in [5.74, 6) is 1.36. The van der Waals surface area contributed by atoms with Crippen LogP contribution in [0.5, 0.6) is 11.5 Å². The monoisotopic (exact) mass is 428 g/mol. The number of ether oxygens (including phenoxy) is 2. The third-order valence-electron chi connectivity index (χ3n) is 5.22. The molecule has 0 unspecified atom stereocenters. The highest BCUT2D eigenvalue weighted by atomic mass is 35.5. The van der Waals surface area contributed by atoms with E-state index in [1.165, 1.54) is 6.07 Å². The van der Waals surface area contributed by atoms with E-state index in [0.717, 1.165) is 24.7 Å². The van der Waals surface area contributed by atoms with Gasteiger partial charge in [0.15, 0.2) is 11.5 Å². The highest BCUT2D eigenvalue weighted by Crippen LogP contribution is 2.37. The molecule has 0 radical (unpaired) electrons. The van der Waals surface area contributed by atoms with Crippen molar-refractivity contribution in [2.45, 2.75) is 25.7 Å². The van der Waals surface area contributed by atoms with Crippen LogP contribution in [0.4, 0.5) is 18.9 Å². The largest absolute Gasteiger partial charge is 0.493 e. The summed E-state index contributed by atoms with van der Waals surface area (Å²) in [6, 6.07) is 10.1. The molecule has 0 spiro atoms. The predicted octanol–water partition coefficient (Wildman–Crippen LogP) is 5.09. The molecule has 1 heterocycles. The van der Waals surface area contributed by atoms with E-state index < -0.39 is 11.7 Å². The van der Waals surface area contributed by atoms with Crippen LogP contribution in [0.2, 0.25) is 5.02 Å². The Morgan fingerprint density at radius 2 is 1.76 bits per heavy atom. The number of piperazine rings is 1. The molecule has 0 bridgehead atoms. The number of methoxy groups -OCH3 is 2. The first-order chi connectivity index (χ1) is 13.7. The zero-order valence-electron chi connectivity index (χ0n) is 16.6. The number of benzene rings is 2. The lowest BCUT2D eigenvalue weighted by atomic mass is 10.1. The first-order valence-electron chi connectivity index (χ1n) is 9.29. The number of nitrogens with zero attached hydrogens (tertiary/aromatic N) is 2. The molecule has 1 saturated heterocycles. The second-order valence-corrected chi connectivity index (χ2v) is 7.52. The van der Waals surface area contributed by atoms with Gasteiger partial charge in [-0.2, -0.15) is 13.2 Å². The maximum Gasteiger partial charge on any atom is 0.417 e. The average molecular weight is 429 g/mol. The minimum absolute atomic E-state index is 0.168. The van der Waals surface area contributed by atoms with Gasteiger partial charge in [-0.15, -0.1) is 0 Å². The van der Waals surface area contributed by atoms with E-state index in [9.17, 15) is 13.2 Å². The second kappa shape index (κ2) is 8.71. The molecule has 4 nitrogen and oxygen atoms in total. The first kappa shape index (κ1) is 21.6. The lowest BCUT2D eigenvalue weighted by Gasteiger charge is -2.41. The molecule has 8 heteroatoms. The lowest BCUT2D eigenvalue weighted by Crippen LogP contribution is -2.51. The van der Waals surface area contributed by atoms with Crippen LogP contribution in [0.25, 0.3) is 0 Å².